The highest BCUT2D eigenvalue weighted by Gasteiger charge is 2.32. The third-order valence-corrected chi connectivity index (χ3v) is 4.79. The van der Waals surface area contributed by atoms with Crippen molar-refractivity contribution in [1.82, 2.24) is 5.32 Å². The lowest BCUT2D eigenvalue weighted by Gasteiger charge is -2.16. The summed E-state index contributed by atoms with van der Waals surface area (Å²) in [6.07, 6.45) is 4.52. The number of ketones is 1. The van der Waals surface area contributed by atoms with Crippen LogP contribution in [0.4, 0.5) is 0 Å². The fourth-order valence-electron chi connectivity index (χ4n) is 3.71. The van der Waals surface area contributed by atoms with Crippen molar-refractivity contribution in [3.8, 4) is 5.75 Å². The number of hydrogen-bond donors (Lipinski definition) is 1. The number of amides is 1. The standard InChI is InChI=1S/C18H23NO3/c1-3-16(21)19-8-6-12-4-5-13-10-15(11(2)20)18-14(17(12)13)7-9-22-18/h10,12H,3-9H2,1-2H3,(H,19,21). The summed E-state index contributed by atoms with van der Waals surface area (Å²) in [6, 6.07) is 2.03. The molecule has 0 spiro atoms. The Labute approximate surface area is 131 Å². The van der Waals surface area contributed by atoms with Crippen LogP contribution in [0.15, 0.2) is 6.07 Å². The molecule has 1 N–H and O–H groups in total. The molecule has 1 aromatic rings. The first-order chi connectivity index (χ1) is 10.6. The second-order valence-electron chi connectivity index (χ2n) is 6.19. The minimum absolute atomic E-state index is 0.0830. The van der Waals surface area contributed by atoms with Crippen molar-refractivity contribution in [2.45, 2.75) is 51.9 Å². The predicted molar refractivity (Wildman–Crippen MR) is 84.6 cm³/mol. The smallest absolute Gasteiger partial charge is 0.219 e. The number of ether oxygens (including phenoxy) is 1. The van der Waals surface area contributed by atoms with Gasteiger partial charge in [0.15, 0.2) is 5.78 Å². The Morgan fingerprint density at radius 1 is 1.36 bits per heavy atom. The van der Waals surface area contributed by atoms with Crippen LogP contribution in [-0.4, -0.2) is 24.8 Å². The van der Waals surface area contributed by atoms with Gasteiger partial charge in [0.1, 0.15) is 5.75 Å². The Kier molecular flexibility index (Phi) is 4.19. The van der Waals surface area contributed by atoms with Gasteiger partial charge in [-0.05, 0) is 49.3 Å². The number of carbonyl (C=O) groups is 2. The van der Waals surface area contributed by atoms with Crippen LogP contribution in [0.3, 0.4) is 0 Å². The Morgan fingerprint density at radius 2 is 2.18 bits per heavy atom. The Bertz CT molecular complexity index is 621. The normalized spacial score (nSPS) is 18.5. The highest BCUT2D eigenvalue weighted by Crippen LogP contribution is 2.45. The lowest BCUT2D eigenvalue weighted by atomic mass is 9.89. The molecule has 0 saturated carbocycles. The molecule has 3 rings (SSSR count). The van der Waals surface area contributed by atoms with Crippen molar-refractivity contribution in [3.63, 3.8) is 0 Å². The number of rotatable bonds is 5. The molecule has 0 aromatic heterocycles. The van der Waals surface area contributed by atoms with Crippen LogP contribution in [0.1, 0.15) is 66.1 Å². The molecular formula is C18H23NO3. The summed E-state index contributed by atoms with van der Waals surface area (Å²) >= 11 is 0. The summed E-state index contributed by atoms with van der Waals surface area (Å²) in [5, 5.41) is 2.96. The predicted octanol–water partition coefficient (Wildman–Crippen LogP) is 2.77. The van der Waals surface area contributed by atoms with Gasteiger partial charge in [-0.3, -0.25) is 9.59 Å². The van der Waals surface area contributed by atoms with Crippen LogP contribution in [0, 0.1) is 0 Å². The molecule has 0 radical (unpaired) electrons. The number of Topliss-reactive ketones (excluding diaryl/α,β-unsaturated/α-hetero) is 1. The van der Waals surface area contributed by atoms with Gasteiger partial charge in [-0.1, -0.05) is 6.92 Å². The summed E-state index contributed by atoms with van der Waals surface area (Å²) in [4.78, 5) is 23.2. The van der Waals surface area contributed by atoms with Crippen molar-refractivity contribution >= 4 is 11.7 Å². The van der Waals surface area contributed by atoms with Gasteiger partial charge >= 0.3 is 0 Å². The molecule has 1 unspecified atom stereocenters. The van der Waals surface area contributed by atoms with E-state index in [1.165, 1.54) is 16.7 Å². The lowest BCUT2D eigenvalue weighted by Crippen LogP contribution is -2.24. The quantitative estimate of drug-likeness (QED) is 0.851. The van der Waals surface area contributed by atoms with Gasteiger partial charge in [0.2, 0.25) is 5.91 Å². The maximum atomic E-state index is 11.8. The third-order valence-electron chi connectivity index (χ3n) is 4.79. The molecule has 1 aromatic carbocycles. The fourth-order valence-corrected chi connectivity index (χ4v) is 3.71. The maximum Gasteiger partial charge on any atom is 0.219 e. The number of benzene rings is 1. The summed E-state index contributed by atoms with van der Waals surface area (Å²) in [6.45, 7) is 4.87. The van der Waals surface area contributed by atoms with Gasteiger partial charge in [-0.2, -0.15) is 0 Å². The van der Waals surface area contributed by atoms with E-state index in [-0.39, 0.29) is 11.7 Å². The zero-order valence-electron chi connectivity index (χ0n) is 13.3. The fraction of sp³-hybridized carbons (Fsp3) is 0.556. The van der Waals surface area contributed by atoms with E-state index in [0.29, 0.717) is 18.9 Å². The van der Waals surface area contributed by atoms with Gasteiger partial charge < -0.3 is 10.1 Å². The zero-order chi connectivity index (χ0) is 15.7. The van der Waals surface area contributed by atoms with Crippen LogP contribution >= 0.6 is 0 Å². The molecule has 0 fully saturated rings. The van der Waals surface area contributed by atoms with E-state index in [9.17, 15) is 9.59 Å². The van der Waals surface area contributed by atoms with E-state index in [1.807, 2.05) is 13.0 Å². The highest BCUT2D eigenvalue weighted by molar-refractivity contribution is 5.98. The summed E-state index contributed by atoms with van der Waals surface area (Å²) in [5.74, 6) is 1.48. The minimum atomic E-state index is 0.0830. The molecule has 1 aliphatic carbocycles. The topological polar surface area (TPSA) is 55.4 Å². The van der Waals surface area contributed by atoms with E-state index < -0.39 is 0 Å². The second-order valence-corrected chi connectivity index (χ2v) is 6.19. The molecule has 1 atom stereocenters. The lowest BCUT2D eigenvalue weighted by molar-refractivity contribution is -0.120. The molecule has 4 heteroatoms. The van der Waals surface area contributed by atoms with Crippen molar-refractivity contribution in [3.05, 3.63) is 28.3 Å². The number of aryl methyl sites for hydroxylation is 1. The van der Waals surface area contributed by atoms with Crippen LogP contribution in [-0.2, 0) is 17.6 Å². The second kappa shape index (κ2) is 6.11. The number of nitrogens with one attached hydrogen (secondary N) is 1. The molecule has 118 valence electrons. The van der Waals surface area contributed by atoms with E-state index >= 15 is 0 Å². The first-order valence-corrected chi connectivity index (χ1v) is 8.20. The van der Waals surface area contributed by atoms with E-state index in [0.717, 1.165) is 43.5 Å². The zero-order valence-corrected chi connectivity index (χ0v) is 13.3. The van der Waals surface area contributed by atoms with Gasteiger partial charge in [-0.25, -0.2) is 0 Å². The SMILES string of the molecule is CCC(=O)NCCC1CCc2cc(C(C)=O)c3c(c21)CCO3. The summed E-state index contributed by atoms with van der Waals surface area (Å²) in [5.41, 5.74) is 4.68. The number of hydrogen-bond acceptors (Lipinski definition) is 3. The van der Waals surface area contributed by atoms with Crippen molar-refractivity contribution in [2.24, 2.45) is 0 Å². The number of carbonyl (C=O) groups excluding carboxylic acids is 2. The van der Waals surface area contributed by atoms with Gasteiger partial charge in [0, 0.05) is 24.9 Å². The van der Waals surface area contributed by atoms with Crippen LogP contribution < -0.4 is 10.1 Å². The van der Waals surface area contributed by atoms with E-state index in [4.69, 9.17) is 4.74 Å². The van der Waals surface area contributed by atoms with Crippen LogP contribution in [0.25, 0.3) is 0 Å². The van der Waals surface area contributed by atoms with Gasteiger partial charge in [0.25, 0.3) is 0 Å². The molecule has 1 heterocycles. The molecule has 0 saturated heterocycles. The molecule has 2 aliphatic rings. The first kappa shape index (κ1) is 15.1. The van der Waals surface area contributed by atoms with Gasteiger partial charge in [-0.15, -0.1) is 0 Å². The average molecular weight is 301 g/mol. The van der Waals surface area contributed by atoms with E-state index in [1.54, 1.807) is 6.92 Å². The average Bonchev–Trinajstić information content (AvgIpc) is 3.12. The third kappa shape index (κ3) is 2.62. The largest absolute Gasteiger partial charge is 0.492 e. The Hall–Kier alpha value is -1.84. The van der Waals surface area contributed by atoms with Crippen LogP contribution in [0.2, 0.25) is 0 Å². The molecule has 22 heavy (non-hydrogen) atoms. The van der Waals surface area contributed by atoms with Crippen LogP contribution in [0.5, 0.6) is 5.75 Å². The summed E-state index contributed by atoms with van der Waals surface area (Å²) < 4.78 is 5.73. The molecule has 1 amide bonds. The molecular weight excluding hydrogens is 278 g/mol. The summed E-state index contributed by atoms with van der Waals surface area (Å²) in [7, 11) is 0. The van der Waals surface area contributed by atoms with Crippen molar-refractivity contribution in [2.75, 3.05) is 13.2 Å². The molecule has 0 bridgehead atoms. The minimum Gasteiger partial charge on any atom is -0.492 e. The van der Waals surface area contributed by atoms with Crippen molar-refractivity contribution in [1.29, 1.82) is 0 Å². The molecule has 1 aliphatic heterocycles. The molecule has 4 nitrogen and oxygen atoms in total. The Morgan fingerprint density at radius 3 is 2.91 bits per heavy atom. The first-order valence-electron chi connectivity index (χ1n) is 8.20. The highest BCUT2D eigenvalue weighted by atomic mass is 16.5. The Balaban J connectivity index is 1.83. The van der Waals surface area contributed by atoms with E-state index in [2.05, 4.69) is 5.32 Å². The maximum absolute atomic E-state index is 11.8. The van der Waals surface area contributed by atoms with Gasteiger partial charge in [0.05, 0.1) is 12.2 Å². The number of fused-ring (bicyclic) bond motifs is 3. The van der Waals surface area contributed by atoms with Crippen molar-refractivity contribution < 1.29 is 14.3 Å². The monoisotopic (exact) mass is 301 g/mol.